The summed E-state index contributed by atoms with van der Waals surface area (Å²) in [5.41, 5.74) is 4.67. The number of hydrogen-bond donors (Lipinski definition) is 0. The maximum atomic E-state index is 6.41. The second-order valence-corrected chi connectivity index (χ2v) is 6.92. The Hall–Kier alpha value is -2.66. The van der Waals surface area contributed by atoms with E-state index in [0.29, 0.717) is 17.2 Å². The first-order valence-corrected chi connectivity index (χ1v) is 9.12. The number of aromatic nitrogens is 1. The molecule has 5 heteroatoms. The van der Waals surface area contributed by atoms with Crippen LogP contribution in [0.25, 0.3) is 10.9 Å². The van der Waals surface area contributed by atoms with Crippen LogP contribution in [-0.2, 0) is 11.3 Å². The Kier molecular flexibility index (Phi) is 4.48. The Balaban J connectivity index is 1.94. The lowest BCUT2D eigenvalue weighted by atomic mass is 10.00. The number of nitrogens with zero attached hydrogens (tertiary/aromatic N) is 1. The number of aryl methyl sites for hydroxylation is 1. The summed E-state index contributed by atoms with van der Waals surface area (Å²) in [6.07, 6.45) is -0.105. The fraction of sp³-hybridized carbons (Fsp3) is 0.364. The molecule has 0 unspecified atom stereocenters. The molecule has 1 aliphatic rings. The van der Waals surface area contributed by atoms with E-state index < -0.39 is 0 Å². The highest BCUT2D eigenvalue weighted by atomic mass is 16.5. The second kappa shape index (κ2) is 6.82. The van der Waals surface area contributed by atoms with Crippen molar-refractivity contribution in [2.24, 2.45) is 0 Å². The monoisotopic (exact) mass is 367 g/mol. The Morgan fingerprint density at radius 2 is 1.67 bits per heavy atom. The molecule has 0 radical (unpaired) electrons. The number of para-hydroxylation sites is 1. The zero-order valence-corrected chi connectivity index (χ0v) is 16.4. The molecule has 2 atom stereocenters. The molecule has 2 heterocycles. The summed E-state index contributed by atoms with van der Waals surface area (Å²) in [6.45, 7) is 5.11. The molecule has 0 saturated heterocycles. The maximum Gasteiger partial charge on any atom is 0.203 e. The topological polar surface area (TPSA) is 41.9 Å². The Morgan fingerprint density at radius 3 is 2.30 bits per heavy atom. The van der Waals surface area contributed by atoms with Gasteiger partial charge in [-0.1, -0.05) is 18.2 Å². The van der Waals surface area contributed by atoms with Crippen molar-refractivity contribution in [1.29, 1.82) is 0 Å². The van der Waals surface area contributed by atoms with Gasteiger partial charge in [-0.25, -0.2) is 0 Å². The molecule has 27 heavy (non-hydrogen) atoms. The number of ether oxygens (including phenoxy) is 4. The van der Waals surface area contributed by atoms with E-state index in [1.807, 2.05) is 12.1 Å². The van der Waals surface area contributed by atoms with Gasteiger partial charge < -0.3 is 23.5 Å². The third-order valence-electron chi connectivity index (χ3n) is 5.32. The van der Waals surface area contributed by atoms with Gasteiger partial charge in [-0.2, -0.15) is 0 Å². The van der Waals surface area contributed by atoms with Crippen molar-refractivity contribution in [2.45, 2.75) is 32.6 Å². The van der Waals surface area contributed by atoms with Crippen molar-refractivity contribution in [1.82, 2.24) is 4.57 Å². The molecular formula is C22H25NO4. The number of rotatable bonds is 4. The first-order chi connectivity index (χ1) is 13.1. The Labute approximate surface area is 159 Å². The van der Waals surface area contributed by atoms with Crippen LogP contribution in [0.5, 0.6) is 17.2 Å². The van der Waals surface area contributed by atoms with Crippen LogP contribution >= 0.6 is 0 Å². The minimum Gasteiger partial charge on any atom is -0.493 e. The van der Waals surface area contributed by atoms with Gasteiger partial charge in [0.2, 0.25) is 5.75 Å². The van der Waals surface area contributed by atoms with Crippen molar-refractivity contribution in [3.8, 4) is 17.2 Å². The van der Waals surface area contributed by atoms with E-state index in [-0.39, 0.29) is 12.2 Å². The molecule has 1 aromatic heterocycles. The van der Waals surface area contributed by atoms with Gasteiger partial charge >= 0.3 is 0 Å². The molecular weight excluding hydrogens is 342 g/mol. The molecule has 0 saturated carbocycles. The quantitative estimate of drug-likeness (QED) is 0.682. The summed E-state index contributed by atoms with van der Waals surface area (Å²) in [6, 6.07) is 12.5. The van der Waals surface area contributed by atoms with Crippen LogP contribution in [-0.4, -0.2) is 32.0 Å². The maximum absolute atomic E-state index is 6.41. The summed E-state index contributed by atoms with van der Waals surface area (Å²) in [4.78, 5) is 0. The van der Waals surface area contributed by atoms with Crippen molar-refractivity contribution < 1.29 is 18.9 Å². The lowest BCUT2D eigenvalue weighted by Gasteiger charge is -2.32. The number of hydrogen-bond acceptors (Lipinski definition) is 4. The molecule has 1 aliphatic heterocycles. The van der Waals surface area contributed by atoms with E-state index in [4.69, 9.17) is 18.9 Å². The minimum absolute atomic E-state index is 0.0943. The van der Waals surface area contributed by atoms with E-state index in [2.05, 4.69) is 42.7 Å². The van der Waals surface area contributed by atoms with E-state index >= 15 is 0 Å². The van der Waals surface area contributed by atoms with Crippen molar-refractivity contribution in [3.63, 3.8) is 0 Å². The highest BCUT2D eigenvalue weighted by Gasteiger charge is 2.32. The molecule has 0 aliphatic carbocycles. The molecule has 0 bridgehead atoms. The zero-order valence-electron chi connectivity index (χ0n) is 16.4. The third-order valence-corrected chi connectivity index (χ3v) is 5.32. The molecule has 142 valence electrons. The van der Waals surface area contributed by atoms with Crippen LogP contribution in [0, 0.1) is 6.92 Å². The standard InChI is InChI=1S/C22H25NO4/c1-13-12-23-17-9-7-6-8-16(17)14(2)20(23)21(27-13)15-10-18(24-3)22(26-5)19(11-15)25-4/h6-11,13,21H,12H2,1-5H3/t13-,21+/m0/s1. The average Bonchev–Trinajstić information content (AvgIpc) is 2.98. The SMILES string of the molecule is COc1cc([C@H]2O[C@@H](C)Cn3c2c(C)c2ccccc23)cc(OC)c1OC. The number of benzene rings is 2. The summed E-state index contributed by atoms with van der Waals surface area (Å²) in [7, 11) is 4.88. The highest BCUT2D eigenvalue weighted by Crippen LogP contribution is 2.45. The van der Waals surface area contributed by atoms with Gasteiger partial charge in [-0.05, 0) is 43.2 Å². The van der Waals surface area contributed by atoms with Gasteiger partial charge in [0.15, 0.2) is 11.5 Å². The normalized spacial score (nSPS) is 19.0. The summed E-state index contributed by atoms with van der Waals surface area (Å²) in [5, 5.41) is 1.27. The van der Waals surface area contributed by atoms with Gasteiger partial charge in [-0.3, -0.25) is 0 Å². The lowest BCUT2D eigenvalue weighted by molar-refractivity contribution is -0.0148. The van der Waals surface area contributed by atoms with E-state index in [9.17, 15) is 0 Å². The summed E-state index contributed by atoms with van der Waals surface area (Å²) < 4.78 is 25.4. The van der Waals surface area contributed by atoms with E-state index in [1.165, 1.54) is 22.2 Å². The predicted octanol–water partition coefficient (Wildman–Crippen LogP) is 4.48. The first-order valence-electron chi connectivity index (χ1n) is 9.12. The van der Waals surface area contributed by atoms with Gasteiger partial charge in [-0.15, -0.1) is 0 Å². The summed E-state index contributed by atoms with van der Waals surface area (Å²) >= 11 is 0. The second-order valence-electron chi connectivity index (χ2n) is 6.92. The molecule has 0 fully saturated rings. The average molecular weight is 367 g/mol. The van der Waals surface area contributed by atoms with Crippen LogP contribution in [0.15, 0.2) is 36.4 Å². The largest absolute Gasteiger partial charge is 0.493 e. The lowest BCUT2D eigenvalue weighted by Crippen LogP contribution is -2.29. The molecule has 2 aromatic carbocycles. The highest BCUT2D eigenvalue weighted by molar-refractivity contribution is 5.85. The zero-order chi connectivity index (χ0) is 19.1. The fourth-order valence-electron chi connectivity index (χ4n) is 4.12. The molecule has 3 aromatic rings. The van der Waals surface area contributed by atoms with Crippen LogP contribution in [0.4, 0.5) is 0 Å². The molecule has 0 amide bonds. The van der Waals surface area contributed by atoms with Crippen molar-refractivity contribution >= 4 is 10.9 Å². The van der Waals surface area contributed by atoms with Crippen LogP contribution in [0.1, 0.15) is 29.8 Å². The fourth-order valence-corrected chi connectivity index (χ4v) is 4.12. The van der Waals surface area contributed by atoms with Gasteiger partial charge in [0.05, 0.1) is 33.1 Å². The van der Waals surface area contributed by atoms with Gasteiger partial charge in [0, 0.05) is 17.4 Å². The summed E-state index contributed by atoms with van der Waals surface area (Å²) in [5.74, 6) is 1.85. The van der Waals surface area contributed by atoms with Gasteiger partial charge in [0.1, 0.15) is 6.10 Å². The number of fused-ring (bicyclic) bond motifs is 3. The minimum atomic E-state index is -0.199. The van der Waals surface area contributed by atoms with Gasteiger partial charge in [0.25, 0.3) is 0 Å². The molecule has 5 nitrogen and oxygen atoms in total. The smallest absolute Gasteiger partial charge is 0.203 e. The van der Waals surface area contributed by atoms with Crippen LogP contribution in [0.2, 0.25) is 0 Å². The number of methoxy groups -OCH3 is 3. The van der Waals surface area contributed by atoms with Crippen LogP contribution in [0.3, 0.4) is 0 Å². The van der Waals surface area contributed by atoms with E-state index in [0.717, 1.165) is 12.1 Å². The van der Waals surface area contributed by atoms with Crippen molar-refractivity contribution in [2.75, 3.05) is 21.3 Å². The third kappa shape index (κ3) is 2.73. The molecule has 0 spiro atoms. The molecule has 4 rings (SSSR count). The van der Waals surface area contributed by atoms with Crippen molar-refractivity contribution in [3.05, 3.63) is 53.2 Å². The van der Waals surface area contributed by atoms with Crippen LogP contribution < -0.4 is 14.2 Å². The Bertz CT molecular complexity index is 966. The first kappa shape index (κ1) is 17.7. The van der Waals surface area contributed by atoms with E-state index in [1.54, 1.807) is 21.3 Å². The Morgan fingerprint density at radius 1 is 1.00 bits per heavy atom. The molecule has 0 N–H and O–H groups in total. The predicted molar refractivity (Wildman–Crippen MR) is 105 cm³/mol.